The smallest absolute Gasteiger partial charge is 0.337 e. The topological polar surface area (TPSA) is 52.8 Å². The van der Waals surface area contributed by atoms with Crippen molar-refractivity contribution in [1.82, 2.24) is 4.98 Å². The fourth-order valence-electron chi connectivity index (χ4n) is 2.10. The number of benzene rings is 1. The first-order valence-electron chi connectivity index (χ1n) is 7.37. The van der Waals surface area contributed by atoms with E-state index in [4.69, 9.17) is 16.0 Å². The zero-order chi connectivity index (χ0) is 17.4. The first-order chi connectivity index (χ1) is 11.7. The van der Waals surface area contributed by atoms with Crippen LogP contribution in [0.25, 0.3) is 16.1 Å². The zero-order valence-electron chi connectivity index (χ0n) is 13.6. The molecule has 0 N–H and O–H groups in total. The Morgan fingerprint density at radius 2 is 2.17 bits per heavy atom. The van der Waals surface area contributed by atoms with Gasteiger partial charge in [-0.1, -0.05) is 6.07 Å². The van der Waals surface area contributed by atoms with Crippen molar-refractivity contribution < 1.29 is 14.3 Å². The highest BCUT2D eigenvalue weighted by atomic mass is 32.2. The average molecular weight is 342 g/mol. The van der Waals surface area contributed by atoms with Gasteiger partial charge in [0.1, 0.15) is 5.75 Å². The van der Waals surface area contributed by atoms with Crippen LogP contribution in [-0.4, -0.2) is 36.7 Å². The van der Waals surface area contributed by atoms with Gasteiger partial charge in [-0.05, 0) is 48.3 Å². The molecule has 24 heavy (non-hydrogen) atoms. The Balaban J connectivity index is 2.23. The Hall–Kier alpha value is -2.52. The Morgan fingerprint density at radius 1 is 1.33 bits per heavy atom. The summed E-state index contributed by atoms with van der Waals surface area (Å²) in [6.45, 7) is 7.93. The molecular formula is C18H18N2O3S. The lowest BCUT2D eigenvalue weighted by Crippen LogP contribution is -2.01. The normalized spacial score (nSPS) is 10.0. The Kier molecular flexibility index (Phi) is 6.64. The summed E-state index contributed by atoms with van der Waals surface area (Å²) in [5.74, 6) is 1.17. The molecule has 0 fully saturated rings. The highest BCUT2D eigenvalue weighted by molar-refractivity contribution is 7.98. The molecule has 124 valence electrons. The number of rotatable bonds is 7. The van der Waals surface area contributed by atoms with E-state index in [-0.39, 0.29) is 0 Å². The Morgan fingerprint density at radius 3 is 2.88 bits per heavy atom. The van der Waals surface area contributed by atoms with Crippen molar-refractivity contribution in [3.8, 4) is 17.0 Å². The molecule has 0 aliphatic carbocycles. The van der Waals surface area contributed by atoms with Crippen molar-refractivity contribution in [3.63, 3.8) is 0 Å². The van der Waals surface area contributed by atoms with Crippen LogP contribution in [0.5, 0.6) is 5.75 Å². The lowest BCUT2D eigenvalue weighted by Gasteiger charge is -2.10. The van der Waals surface area contributed by atoms with E-state index >= 15 is 0 Å². The number of thioether (sulfide) groups is 1. The summed E-state index contributed by atoms with van der Waals surface area (Å²) in [4.78, 5) is 19.4. The first kappa shape index (κ1) is 17.8. The van der Waals surface area contributed by atoms with Crippen LogP contribution in [0.3, 0.4) is 0 Å². The van der Waals surface area contributed by atoms with Gasteiger partial charge in [-0.15, -0.1) is 0 Å². The van der Waals surface area contributed by atoms with Crippen LogP contribution < -0.4 is 4.74 Å². The largest absolute Gasteiger partial charge is 0.505 e. The monoisotopic (exact) mass is 342 g/mol. The van der Waals surface area contributed by atoms with Crippen molar-refractivity contribution >= 4 is 23.4 Å². The van der Waals surface area contributed by atoms with E-state index in [1.807, 2.05) is 6.07 Å². The maximum absolute atomic E-state index is 11.6. The molecule has 0 aliphatic rings. The van der Waals surface area contributed by atoms with E-state index in [0.717, 1.165) is 17.7 Å². The average Bonchev–Trinajstić information content (AvgIpc) is 2.64. The second kappa shape index (κ2) is 8.94. The predicted octanol–water partition coefficient (Wildman–Crippen LogP) is 4.22. The minimum Gasteiger partial charge on any atom is -0.505 e. The molecule has 0 unspecified atom stereocenters. The highest BCUT2D eigenvalue weighted by Crippen LogP contribution is 2.32. The number of nitrogens with zero attached hydrogens (tertiary/aromatic N) is 2. The van der Waals surface area contributed by atoms with E-state index in [0.29, 0.717) is 29.3 Å². The molecule has 0 saturated heterocycles. The zero-order valence-corrected chi connectivity index (χ0v) is 14.4. The van der Waals surface area contributed by atoms with E-state index in [1.54, 1.807) is 42.2 Å². The summed E-state index contributed by atoms with van der Waals surface area (Å²) in [5.41, 5.74) is 2.21. The molecule has 6 heteroatoms. The van der Waals surface area contributed by atoms with Crippen LogP contribution in [0.4, 0.5) is 5.69 Å². The van der Waals surface area contributed by atoms with Gasteiger partial charge in [0.2, 0.25) is 5.69 Å². The third-order valence-electron chi connectivity index (χ3n) is 3.31. The van der Waals surface area contributed by atoms with Crippen LogP contribution in [-0.2, 0) is 4.74 Å². The van der Waals surface area contributed by atoms with E-state index in [9.17, 15) is 4.79 Å². The number of carbonyl (C=O) groups excluding carboxylic acids is 1. The SMILES string of the molecule is [C-]#[N+]c1cc(-c2cc(C(=O)OC)ccn2)ccc1OCCCSC. The van der Waals surface area contributed by atoms with Gasteiger partial charge >= 0.3 is 5.97 Å². The number of methoxy groups -OCH3 is 1. The summed E-state index contributed by atoms with van der Waals surface area (Å²) in [7, 11) is 1.34. The van der Waals surface area contributed by atoms with Crippen molar-refractivity contribution in [2.75, 3.05) is 25.7 Å². The van der Waals surface area contributed by atoms with Crippen LogP contribution >= 0.6 is 11.8 Å². The second-order valence-corrected chi connectivity index (χ2v) is 5.90. The molecule has 0 saturated carbocycles. The molecule has 0 spiro atoms. The van der Waals surface area contributed by atoms with Crippen LogP contribution in [0.2, 0.25) is 0 Å². The van der Waals surface area contributed by atoms with Gasteiger partial charge in [-0.2, -0.15) is 11.8 Å². The number of hydrogen-bond acceptors (Lipinski definition) is 5. The van der Waals surface area contributed by atoms with Crippen molar-refractivity contribution in [2.24, 2.45) is 0 Å². The molecule has 0 bridgehead atoms. The van der Waals surface area contributed by atoms with E-state index in [2.05, 4.69) is 16.1 Å². The van der Waals surface area contributed by atoms with Gasteiger partial charge in [-0.3, -0.25) is 4.98 Å². The fraction of sp³-hybridized carbons (Fsp3) is 0.278. The number of ether oxygens (including phenoxy) is 2. The molecule has 0 amide bonds. The van der Waals surface area contributed by atoms with Gasteiger partial charge in [0, 0.05) is 6.20 Å². The van der Waals surface area contributed by atoms with Crippen LogP contribution in [0.1, 0.15) is 16.8 Å². The standard InChI is InChI=1S/C18H18N2O3S/c1-19-16-11-13(5-6-17(16)23-9-4-10-24-3)15-12-14(7-8-20-15)18(21)22-2/h5-8,11-12H,4,9-10H2,2-3H3. The maximum atomic E-state index is 11.6. The van der Waals surface area contributed by atoms with Gasteiger partial charge in [0.05, 0.1) is 31.5 Å². The Bertz CT molecular complexity index is 756. The lowest BCUT2D eigenvalue weighted by atomic mass is 10.1. The van der Waals surface area contributed by atoms with Gasteiger partial charge in [0.25, 0.3) is 0 Å². The molecule has 5 nitrogen and oxygen atoms in total. The highest BCUT2D eigenvalue weighted by Gasteiger charge is 2.11. The number of pyridine rings is 1. The summed E-state index contributed by atoms with van der Waals surface area (Å²) in [5, 5.41) is 0. The third kappa shape index (κ3) is 4.49. The molecule has 2 rings (SSSR count). The lowest BCUT2D eigenvalue weighted by molar-refractivity contribution is 0.0600. The minimum atomic E-state index is -0.419. The summed E-state index contributed by atoms with van der Waals surface area (Å²) in [6.07, 6.45) is 4.53. The first-order valence-corrected chi connectivity index (χ1v) is 8.77. The van der Waals surface area contributed by atoms with Gasteiger partial charge in [-0.25, -0.2) is 9.64 Å². The number of carbonyl (C=O) groups is 1. The van der Waals surface area contributed by atoms with Crippen LogP contribution in [0, 0.1) is 6.57 Å². The van der Waals surface area contributed by atoms with Gasteiger partial charge in [0.15, 0.2) is 0 Å². The van der Waals surface area contributed by atoms with Crippen LogP contribution in [0.15, 0.2) is 36.5 Å². The molecule has 0 radical (unpaired) electrons. The third-order valence-corrected chi connectivity index (χ3v) is 4.00. The van der Waals surface area contributed by atoms with Gasteiger partial charge < -0.3 is 9.47 Å². The minimum absolute atomic E-state index is 0.419. The maximum Gasteiger partial charge on any atom is 0.337 e. The molecular weight excluding hydrogens is 324 g/mol. The van der Waals surface area contributed by atoms with E-state index < -0.39 is 5.97 Å². The van der Waals surface area contributed by atoms with E-state index in [1.165, 1.54) is 7.11 Å². The summed E-state index contributed by atoms with van der Waals surface area (Å²) >= 11 is 1.77. The number of esters is 1. The summed E-state index contributed by atoms with van der Waals surface area (Å²) in [6, 6.07) is 8.57. The summed E-state index contributed by atoms with van der Waals surface area (Å²) < 4.78 is 10.4. The molecule has 0 atom stereocenters. The molecule has 2 aromatic rings. The quantitative estimate of drug-likeness (QED) is 0.428. The van der Waals surface area contributed by atoms with Crippen molar-refractivity contribution in [1.29, 1.82) is 0 Å². The van der Waals surface area contributed by atoms with Crippen molar-refractivity contribution in [3.05, 3.63) is 53.5 Å². The number of hydrogen-bond donors (Lipinski definition) is 0. The second-order valence-electron chi connectivity index (χ2n) is 4.91. The molecule has 1 aromatic carbocycles. The fourth-order valence-corrected chi connectivity index (χ4v) is 2.51. The number of aromatic nitrogens is 1. The molecule has 1 heterocycles. The molecule has 0 aliphatic heterocycles. The Labute approximate surface area is 145 Å². The molecule has 1 aromatic heterocycles. The predicted molar refractivity (Wildman–Crippen MR) is 95.8 cm³/mol. The van der Waals surface area contributed by atoms with Crippen molar-refractivity contribution in [2.45, 2.75) is 6.42 Å².